The average molecular weight is 416 g/mol. The predicted molar refractivity (Wildman–Crippen MR) is 113 cm³/mol. The summed E-state index contributed by atoms with van der Waals surface area (Å²) in [5, 5.41) is 0. The van der Waals surface area contributed by atoms with Gasteiger partial charge in [-0.1, -0.05) is 0 Å². The summed E-state index contributed by atoms with van der Waals surface area (Å²) in [4.78, 5) is 16.8. The molecule has 3 rings (SSSR count). The molecule has 0 aliphatic carbocycles. The van der Waals surface area contributed by atoms with Crippen LogP contribution in [0.3, 0.4) is 0 Å². The molecule has 0 spiro atoms. The van der Waals surface area contributed by atoms with Crippen molar-refractivity contribution in [1.29, 1.82) is 0 Å². The Kier molecular flexibility index (Phi) is 7.52. The van der Waals surface area contributed by atoms with Crippen LogP contribution in [0, 0.1) is 5.82 Å². The van der Waals surface area contributed by atoms with Gasteiger partial charge in [-0.3, -0.25) is 9.69 Å². The zero-order chi connectivity index (χ0) is 21.5. The van der Waals surface area contributed by atoms with Crippen molar-refractivity contribution in [3.63, 3.8) is 0 Å². The van der Waals surface area contributed by atoms with E-state index in [2.05, 4.69) is 4.90 Å². The maximum Gasteiger partial charge on any atom is 0.222 e. The minimum atomic E-state index is -0.270. The zero-order valence-electron chi connectivity index (χ0n) is 17.8. The van der Waals surface area contributed by atoms with Crippen LogP contribution in [0.25, 0.3) is 0 Å². The Bertz CT molecular complexity index is 844. The van der Waals surface area contributed by atoms with Gasteiger partial charge in [0.25, 0.3) is 0 Å². The van der Waals surface area contributed by atoms with E-state index in [1.807, 2.05) is 23.1 Å². The standard InChI is InChI=1S/C23H29FN2O4/c1-28-20-12-17(13-21(15-20)29-2)4-7-23(27)26-10-8-25(9-11-26)16-18-14-19(24)5-6-22(18)30-3/h5-6,12-15H,4,7-11,16H2,1-3H3. The van der Waals surface area contributed by atoms with Gasteiger partial charge in [-0.05, 0) is 42.3 Å². The highest BCUT2D eigenvalue weighted by Gasteiger charge is 2.22. The molecule has 6 nitrogen and oxygen atoms in total. The number of benzene rings is 2. The summed E-state index contributed by atoms with van der Waals surface area (Å²) in [6.45, 7) is 3.43. The number of methoxy groups -OCH3 is 3. The highest BCUT2D eigenvalue weighted by atomic mass is 19.1. The molecule has 0 radical (unpaired) electrons. The largest absolute Gasteiger partial charge is 0.497 e. The van der Waals surface area contributed by atoms with Crippen molar-refractivity contribution in [2.24, 2.45) is 0 Å². The summed E-state index contributed by atoms with van der Waals surface area (Å²) in [7, 11) is 4.82. The van der Waals surface area contributed by atoms with Crippen molar-refractivity contribution < 1.29 is 23.4 Å². The third kappa shape index (κ3) is 5.63. The lowest BCUT2D eigenvalue weighted by atomic mass is 10.1. The van der Waals surface area contributed by atoms with Crippen molar-refractivity contribution >= 4 is 5.91 Å². The minimum absolute atomic E-state index is 0.139. The molecule has 2 aromatic carbocycles. The molecular formula is C23H29FN2O4. The fraction of sp³-hybridized carbons (Fsp3) is 0.435. The first-order chi connectivity index (χ1) is 14.5. The fourth-order valence-electron chi connectivity index (χ4n) is 3.69. The Morgan fingerprint density at radius 1 is 0.933 bits per heavy atom. The Balaban J connectivity index is 1.50. The molecule has 30 heavy (non-hydrogen) atoms. The lowest BCUT2D eigenvalue weighted by Crippen LogP contribution is -2.48. The molecule has 1 fully saturated rings. The first-order valence-corrected chi connectivity index (χ1v) is 10.1. The summed E-state index contributed by atoms with van der Waals surface area (Å²) >= 11 is 0. The van der Waals surface area contributed by atoms with E-state index >= 15 is 0 Å². The number of piperazine rings is 1. The molecule has 2 aromatic rings. The number of amides is 1. The first kappa shape index (κ1) is 21.9. The molecule has 7 heteroatoms. The van der Waals surface area contributed by atoms with Gasteiger partial charge in [0.2, 0.25) is 5.91 Å². The number of ether oxygens (including phenoxy) is 3. The van der Waals surface area contributed by atoms with Crippen LogP contribution in [0.5, 0.6) is 17.2 Å². The molecule has 0 unspecified atom stereocenters. The van der Waals surface area contributed by atoms with Crippen molar-refractivity contribution in [1.82, 2.24) is 9.80 Å². The molecule has 0 bridgehead atoms. The van der Waals surface area contributed by atoms with Crippen LogP contribution in [0.1, 0.15) is 17.5 Å². The normalized spacial score (nSPS) is 14.5. The molecule has 1 amide bonds. The number of aryl methyl sites for hydroxylation is 1. The number of rotatable bonds is 8. The molecule has 0 atom stereocenters. The van der Waals surface area contributed by atoms with Crippen LogP contribution in [-0.4, -0.2) is 63.2 Å². The highest BCUT2D eigenvalue weighted by Crippen LogP contribution is 2.24. The Labute approximate surface area is 177 Å². The summed E-state index contributed by atoms with van der Waals surface area (Å²) in [5.74, 6) is 1.99. The Hall–Kier alpha value is -2.80. The first-order valence-electron chi connectivity index (χ1n) is 10.1. The SMILES string of the molecule is COc1cc(CCC(=O)N2CCN(Cc3cc(F)ccc3OC)CC2)cc(OC)c1. The number of halogens is 1. The third-order valence-corrected chi connectivity index (χ3v) is 5.40. The smallest absolute Gasteiger partial charge is 0.222 e. The van der Waals surface area contributed by atoms with Gasteiger partial charge in [0, 0.05) is 50.8 Å². The molecule has 1 saturated heterocycles. The van der Waals surface area contributed by atoms with E-state index in [0.29, 0.717) is 38.2 Å². The van der Waals surface area contributed by atoms with Crippen LogP contribution in [0.15, 0.2) is 36.4 Å². The van der Waals surface area contributed by atoms with Crippen LogP contribution in [0.4, 0.5) is 4.39 Å². The van der Waals surface area contributed by atoms with E-state index in [4.69, 9.17) is 14.2 Å². The van der Waals surface area contributed by atoms with Gasteiger partial charge >= 0.3 is 0 Å². The van der Waals surface area contributed by atoms with E-state index in [1.54, 1.807) is 27.4 Å². The molecular weight excluding hydrogens is 387 g/mol. The summed E-state index contributed by atoms with van der Waals surface area (Å²) in [5.41, 5.74) is 1.83. The Morgan fingerprint density at radius 2 is 1.60 bits per heavy atom. The van der Waals surface area contributed by atoms with Crippen LogP contribution in [-0.2, 0) is 17.8 Å². The van der Waals surface area contributed by atoms with Crippen molar-refractivity contribution in [3.8, 4) is 17.2 Å². The zero-order valence-corrected chi connectivity index (χ0v) is 17.8. The van der Waals surface area contributed by atoms with E-state index in [1.165, 1.54) is 12.1 Å². The number of carbonyl (C=O) groups is 1. The maximum atomic E-state index is 13.6. The van der Waals surface area contributed by atoms with E-state index in [0.717, 1.165) is 35.7 Å². The minimum Gasteiger partial charge on any atom is -0.497 e. The van der Waals surface area contributed by atoms with Gasteiger partial charge in [0.05, 0.1) is 21.3 Å². The average Bonchev–Trinajstić information content (AvgIpc) is 2.77. The lowest BCUT2D eigenvalue weighted by Gasteiger charge is -2.35. The second-order valence-electron chi connectivity index (χ2n) is 7.33. The molecule has 0 saturated carbocycles. The number of nitrogens with zero attached hydrogens (tertiary/aromatic N) is 2. The molecule has 0 N–H and O–H groups in total. The molecule has 0 aromatic heterocycles. The van der Waals surface area contributed by atoms with E-state index in [9.17, 15) is 9.18 Å². The van der Waals surface area contributed by atoms with Crippen molar-refractivity contribution in [3.05, 3.63) is 53.3 Å². The van der Waals surface area contributed by atoms with E-state index in [-0.39, 0.29) is 11.7 Å². The monoisotopic (exact) mass is 416 g/mol. The fourth-order valence-corrected chi connectivity index (χ4v) is 3.69. The molecule has 1 aliphatic rings. The summed E-state index contributed by atoms with van der Waals surface area (Å²) in [6.07, 6.45) is 1.07. The van der Waals surface area contributed by atoms with Crippen molar-refractivity contribution in [2.75, 3.05) is 47.5 Å². The third-order valence-electron chi connectivity index (χ3n) is 5.40. The summed E-state index contributed by atoms with van der Waals surface area (Å²) in [6, 6.07) is 10.2. The van der Waals surface area contributed by atoms with E-state index < -0.39 is 0 Å². The number of hydrogen-bond acceptors (Lipinski definition) is 5. The highest BCUT2D eigenvalue weighted by molar-refractivity contribution is 5.76. The van der Waals surface area contributed by atoms with Gasteiger partial charge in [-0.15, -0.1) is 0 Å². The molecule has 1 heterocycles. The van der Waals surface area contributed by atoms with Gasteiger partial charge in [0.1, 0.15) is 23.1 Å². The molecule has 162 valence electrons. The van der Waals surface area contributed by atoms with Crippen LogP contribution >= 0.6 is 0 Å². The summed E-state index contributed by atoms with van der Waals surface area (Å²) < 4.78 is 29.5. The van der Waals surface area contributed by atoms with Crippen molar-refractivity contribution in [2.45, 2.75) is 19.4 Å². The lowest BCUT2D eigenvalue weighted by molar-refractivity contribution is -0.133. The van der Waals surface area contributed by atoms with Gasteiger partial charge < -0.3 is 19.1 Å². The second kappa shape index (κ2) is 10.3. The molecule has 1 aliphatic heterocycles. The number of carbonyl (C=O) groups excluding carboxylic acids is 1. The van der Waals surface area contributed by atoms with Crippen LogP contribution < -0.4 is 14.2 Å². The van der Waals surface area contributed by atoms with Gasteiger partial charge in [-0.2, -0.15) is 0 Å². The van der Waals surface area contributed by atoms with Gasteiger partial charge in [0.15, 0.2) is 0 Å². The maximum absolute atomic E-state index is 13.6. The topological polar surface area (TPSA) is 51.2 Å². The quantitative estimate of drug-likeness (QED) is 0.662. The predicted octanol–water partition coefficient (Wildman–Crippen LogP) is 3.13. The second-order valence-corrected chi connectivity index (χ2v) is 7.33. The van der Waals surface area contributed by atoms with Crippen LogP contribution in [0.2, 0.25) is 0 Å². The number of hydrogen-bond donors (Lipinski definition) is 0. The Morgan fingerprint density at radius 3 is 2.20 bits per heavy atom. The van der Waals surface area contributed by atoms with Gasteiger partial charge in [-0.25, -0.2) is 4.39 Å².